The van der Waals surface area contributed by atoms with Gasteiger partial charge in [0.1, 0.15) is 0 Å². The first-order valence-electron chi connectivity index (χ1n) is 9.27. The van der Waals surface area contributed by atoms with E-state index >= 15 is 0 Å². The molecule has 3 aromatic rings. The normalized spacial score (nSPS) is 10.9. The Morgan fingerprint density at radius 2 is 2.07 bits per heavy atom. The molecule has 0 aliphatic heterocycles. The molecule has 0 radical (unpaired) electrons. The monoisotopic (exact) mass is 393 g/mol. The number of carbonyl (C=O) groups is 1. The lowest BCUT2D eigenvalue weighted by Crippen LogP contribution is -2.09. The molecule has 0 saturated heterocycles. The number of hydrogen-bond acceptors (Lipinski definition) is 6. The number of aryl methyl sites for hydroxylation is 1. The van der Waals surface area contributed by atoms with Crippen molar-refractivity contribution in [3.05, 3.63) is 60.0 Å². The number of amides is 1. The Kier molecular flexibility index (Phi) is 6.63. The van der Waals surface area contributed by atoms with Gasteiger partial charge in [-0.05, 0) is 54.8 Å². The molecule has 1 amide bonds. The Morgan fingerprint density at radius 3 is 2.79 bits per heavy atom. The first-order valence-corrected chi connectivity index (χ1v) is 9.27. The molecule has 3 rings (SSSR count). The number of benzene rings is 2. The van der Waals surface area contributed by atoms with Gasteiger partial charge in [0.2, 0.25) is 18.2 Å². The summed E-state index contributed by atoms with van der Waals surface area (Å²) in [6, 6.07) is 11.1. The molecule has 0 fully saturated rings. The lowest BCUT2D eigenvalue weighted by molar-refractivity contribution is -0.111. The van der Waals surface area contributed by atoms with Crippen LogP contribution < -0.4 is 14.8 Å². The smallest absolute Gasteiger partial charge is 0.248 e. The third-order valence-electron chi connectivity index (χ3n) is 4.18. The van der Waals surface area contributed by atoms with Gasteiger partial charge in [0, 0.05) is 17.3 Å². The third kappa shape index (κ3) is 5.22. The van der Waals surface area contributed by atoms with Gasteiger partial charge in [-0.3, -0.25) is 4.79 Å². The minimum Gasteiger partial charge on any atom is -0.493 e. The average molecular weight is 393 g/mol. The van der Waals surface area contributed by atoms with Crippen molar-refractivity contribution in [3.8, 4) is 23.0 Å². The van der Waals surface area contributed by atoms with Gasteiger partial charge in [0.25, 0.3) is 0 Å². The number of nitrogens with one attached hydrogen (secondary N) is 1. The number of ether oxygens (including phenoxy) is 2. The fourth-order valence-corrected chi connectivity index (χ4v) is 2.65. The summed E-state index contributed by atoms with van der Waals surface area (Å²) in [5.74, 6) is 1.46. The first kappa shape index (κ1) is 20.1. The second-order valence-electron chi connectivity index (χ2n) is 6.35. The number of methoxy groups -OCH3 is 1. The molecule has 150 valence electrons. The highest BCUT2D eigenvalue weighted by Crippen LogP contribution is 2.29. The van der Waals surface area contributed by atoms with Crippen LogP contribution in [0.4, 0.5) is 5.69 Å². The molecule has 7 nitrogen and oxygen atoms in total. The van der Waals surface area contributed by atoms with E-state index < -0.39 is 0 Å². The van der Waals surface area contributed by atoms with Crippen LogP contribution in [-0.2, 0) is 4.79 Å². The zero-order valence-electron chi connectivity index (χ0n) is 16.6. The second kappa shape index (κ2) is 9.54. The Labute approximate surface area is 169 Å². The number of nitrogens with zero attached hydrogens (tertiary/aromatic N) is 2. The Hall–Kier alpha value is -3.61. The molecular formula is C22H23N3O4. The van der Waals surface area contributed by atoms with Crippen molar-refractivity contribution in [3.63, 3.8) is 0 Å². The third-order valence-corrected chi connectivity index (χ3v) is 4.18. The Bertz CT molecular complexity index is 997. The summed E-state index contributed by atoms with van der Waals surface area (Å²) in [5.41, 5.74) is 3.17. The molecule has 0 unspecified atom stereocenters. The van der Waals surface area contributed by atoms with Crippen LogP contribution in [-0.4, -0.2) is 29.8 Å². The van der Waals surface area contributed by atoms with Crippen molar-refractivity contribution in [2.45, 2.75) is 20.3 Å². The molecule has 0 atom stereocenters. The second-order valence-corrected chi connectivity index (χ2v) is 6.35. The summed E-state index contributed by atoms with van der Waals surface area (Å²) in [4.78, 5) is 12.4. The van der Waals surface area contributed by atoms with E-state index in [0.717, 1.165) is 23.1 Å². The molecule has 7 heteroatoms. The van der Waals surface area contributed by atoms with Gasteiger partial charge in [-0.15, -0.1) is 10.2 Å². The standard InChI is InChI=1S/C22H23N3O4/c1-4-11-28-19-9-6-16(12-20(19)27-3)7-10-21(26)24-18-13-17(8-5-15(18)2)22-25-23-14-29-22/h5-10,12-14H,4,11H2,1-3H3,(H,24,26)/b10-7+. The van der Waals surface area contributed by atoms with E-state index in [9.17, 15) is 4.79 Å². The minimum absolute atomic E-state index is 0.249. The molecule has 2 aromatic carbocycles. The number of aromatic nitrogens is 2. The lowest BCUT2D eigenvalue weighted by Gasteiger charge is -2.10. The molecule has 1 aromatic heterocycles. The summed E-state index contributed by atoms with van der Waals surface area (Å²) < 4.78 is 16.2. The van der Waals surface area contributed by atoms with Crippen molar-refractivity contribution < 1.29 is 18.7 Å². The van der Waals surface area contributed by atoms with Crippen LogP contribution >= 0.6 is 0 Å². The van der Waals surface area contributed by atoms with E-state index in [4.69, 9.17) is 13.9 Å². The highest BCUT2D eigenvalue weighted by Gasteiger charge is 2.09. The molecule has 0 aliphatic carbocycles. The van der Waals surface area contributed by atoms with Crippen molar-refractivity contribution in [1.29, 1.82) is 0 Å². The Balaban J connectivity index is 1.71. The maximum atomic E-state index is 12.4. The van der Waals surface area contributed by atoms with E-state index in [2.05, 4.69) is 15.5 Å². The van der Waals surface area contributed by atoms with Gasteiger partial charge in [-0.1, -0.05) is 19.1 Å². The Morgan fingerprint density at radius 1 is 1.21 bits per heavy atom. The van der Waals surface area contributed by atoms with Crippen LogP contribution in [0.15, 0.2) is 53.3 Å². The fourth-order valence-electron chi connectivity index (χ4n) is 2.65. The van der Waals surface area contributed by atoms with Crippen LogP contribution in [0, 0.1) is 6.92 Å². The summed E-state index contributed by atoms with van der Waals surface area (Å²) in [6.45, 7) is 4.58. The maximum absolute atomic E-state index is 12.4. The topological polar surface area (TPSA) is 86.5 Å². The lowest BCUT2D eigenvalue weighted by atomic mass is 10.1. The van der Waals surface area contributed by atoms with Crippen LogP contribution in [0.2, 0.25) is 0 Å². The van der Waals surface area contributed by atoms with Crippen LogP contribution in [0.3, 0.4) is 0 Å². The van der Waals surface area contributed by atoms with E-state index in [0.29, 0.717) is 29.7 Å². The predicted molar refractivity (Wildman–Crippen MR) is 111 cm³/mol. The van der Waals surface area contributed by atoms with Gasteiger partial charge >= 0.3 is 0 Å². The largest absolute Gasteiger partial charge is 0.493 e. The van der Waals surface area contributed by atoms with Crippen molar-refractivity contribution in [1.82, 2.24) is 10.2 Å². The quantitative estimate of drug-likeness (QED) is 0.567. The number of anilines is 1. The van der Waals surface area contributed by atoms with E-state index in [1.54, 1.807) is 19.3 Å². The van der Waals surface area contributed by atoms with Crippen LogP contribution in [0.25, 0.3) is 17.5 Å². The van der Waals surface area contributed by atoms with Crippen LogP contribution in [0.5, 0.6) is 11.5 Å². The van der Waals surface area contributed by atoms with Gasteiger partial charge in [-0.2, -0.15) is 0 Å². The summed E-state index contributed by atoms with van der Waals surface area (Å²) >= 11 is 0. The first-order chi connectivity index (χ1) is 14.1. The zero-order valence-corrected chi connectivity index (χ0v) is 16.6. The number of hydrogen-bond donors (Lipinski definition) is 1. The molecule has 0 bridgehead atoms. The summed E-state index contributed by atoms with van der Waals surface area (Å²) in [6.07, 6.45) is 5.37. The molecule has 1 heterocycles. The molecule has 29 heavy (non-hydrogen) atoms. The predicted octanol–water partition coefficient (Wildman–Crippen LogP) is 4.49. The fraction of sp³-hybridized carbons (Fsp3) is 0.227. The summed E-state index contributed by atoms with van der Waals surface area (Å²) in [7, 11) is 1.59. The van der Waals surface area contributed by atoms with Gasteiger partial charge < -0.3 is 19.2 Å². The van der Waals surface area contributed by atoms with Crippen molar-refractivity contribution >= 4 is 17.7 Å². The van der Waals surface area contributed by atoms with Crippen LogP contribution in [0.1, 0.15) is 24.5 Å². The maximum Gasteiger partial charge on any atom is 0.248 e. The SMILES string of the molecule is CCCOc1ccc(/C=C/C(=O)Nc2cc(-c3nnco3)ccc2C)cc1OC. The molecule has 0 spiro atoms. The molecular weight excluding hydrogens is 370 g/mol. The van der Waals surface area contributed by atoms with E-state index in [1.165, 1.54) is 12.5 Å². The number of rotatable bonds is 8. The zero-order chi connectivity index (χ0) is 20.6. The van der Waals surface area contributed by atoms with Gasteiger partial charge in [0.15, 0.2) is 11.5 Å². The van der Waals surface area contributed by atoms with Gasteiger partial charge in [0.05, 0.1) is 13.7 Å². The highest BCUT2D eigenvalue weighted by molar-refractivity contribution is 6.02. The number of carbonyl (C=O) groups excluding carboxylic acids is 1. The summed E-state index contributed by atoms with van der Waals surface area (Å²) in [5, 5.41) is 10.4. The molecule has 0 saturated carbocycles. The van der Waals surface area contributed by atoms with E-state index in [1.807, 2.05) is 44.2 Å². The molecule has 1 N–H and O–H groups in total. The average Bonchev–Trinajstić information content (AvgIpc) is 3.27. The van der Waals surface area contributed by atoms with Crippen molar-refractivity contribution in [2.24, 2.45) is 0 Å². The molecule has 0 aliphatic rings. The highest BCUT2D eigenvalue weighted by atomic mass is 16.5. The van der Waals surface area contributed by atoms with Crippen molar-refractivity contribution in [2.75, 3.05) is 19.0 Å². The minimum atomic E-state index is -0.249. The van der Waals surface area contributed by atoms with E-state index in [-0.39, 0.29) is 5.91 Å². The van der Waals surface area contributed by atoms with Gasteiger partial charge in [-0.25, -0.2) is 0 Å².